The summed E-state index contributed by atoms with van der Waals surface area (Å²) in [6.07, 6.45) is 5.18. The summed E-state index contributed by atoms with van der Waals surface area (Å²) < 4.78 is 9.96. The minimum absolute atomic E-state index is 0.0202. The van der Waals surface area contributed by atoms with E-state index in [9.17, 15) is 9.59 Å². The number of rotatable bonds is 4. The molecule has 0 bridgehead atoms. The molecular formula is C16H21N3O4. The lowest BCUT2D eigenvalue weighted by Gasteiger charge is -2.26. The number of ether oxygens (including phenoxy) is 1. The molecule has 3 aliphatic rings. The van der Waals surface area contributed by atoms with E-state index in [-0.39, 0.29) is 28.9 Å². The fourth-order valence-electron chi connectivity index (χ4n) is 3.70. The van der Waals surface area contributed by atoms with E-state index in [1.807, 2.05) is 0 Å². The fourth-order valence-corrected chi connectivity index (χ4v) is 3.70. The SMILES string of the molecule is COc1cc(C(=O)N2CCC3(CC3C(=O)NC3CCC3)C2)on1. The van der Waals surface area contributed by atoms with E-state index in [4.69, 9.17) is 9.26 Å². The largest absolute Gasteiger partial charge is 0.479 e. The van der Waals surface area contributed by atoms with E-state index in [0.29, 0.717) is 25.0 Å². The number of carbonyl (C=O) groups is 2. The Morgan fingerprint density at radius 1 is 1.48 bits per heavy atom. The highest BCUT2D eigenvalue weighted by molar-refractivity contribution is 5.92. The van der Waals surface area contributed by atoms with Gasteiger partial charge < -0.3 is 19.5 Å². The first-order chi connectivity index (χ1) is 11.1. The lowest BCUT2D eigenvalue weighted by molar-refractivity contribution is -0.124. The number of carbonyl (C=O) groups excluding carboxylic acids is 2. The van der Waals surface area contributed by atoms with E-state index in [1.54, 1.807) is 4.90 Å². The first-order valence-corrected chi connectivity index (χ1v) is 8.22. The van der Waals surface area contributed by atoms with Crippen molar-refractivity contribution >= 4 is 11.8 Å². The van der Waals surface area contributed by atoms with E-state index in [2.05, 4.69) is 10.5 Å². The number of aromatic nitrogens is 1. The average Bonchev–Trinajstić information content (AvgIpc) is 2.89. The quantitative estimate of drug-likeness (QED) is 0.901. The Morgan fingerprint density at radius 2 is 2.30 bits per heavy atom. The molecule has 2 heterocycles. The van der Waals surface area contributed by atoms with Crippen molar-refractivity contribution in [1.29, 1.82) is 0 Å². The van der Waals surface area contributed by atoms with Crippen LogP contribution in [0, 0.1) is 11.3 Å². The molecule has 1 N–H and O–H groups in total. The Bertz CT molecular complexity index is 639. The lowest BCUT2D eigenvalue weighted by atomic mass is 9.92. The Labute approximate surface area is 134 Å². The average molecular weight is 319 g/mol. The Morgan fingerprint density at radius 3 is 2.96 bits per heavy atom. The summed E-state index contributed by atoms with van der Waals surface area (Å²) >= 11 is 0. The maximum atomic E-state index is 12.4. The zero-order valence-electron chi connectivity index (χ0n) is 13.2. The monoisotopic (exact) mass is 319 g/mol. The number of nitrogens with one attached hydrogen (secondary N) is 1. The molecule has 4 rings (SSSR count). The van der Waals surface area contributed by atoms with Gasteiger partial charge in [0.25, 0.3) is 11.8 Å². The van der Waals surface area contributed by atoms with E-state index >= 15 is 0 Å². The van der Waals surface area contributed by atoms with Crippen molar-refractivity contribution in [1.82, 2.24) is 15.4 Å². The molecule has 1 spiro atoms. The van der Waals surface area contributed by atoms with Crippen LogP contribution in [0.15, 0.2) is 10.6 Å². The molecule has 2 atom stereocenters. The van der Waals surface area contributed by atoms with Gasteiger partial charge in [0, 0.05) is 30.5 Å². The maximum absolute atomic E-state index is 12.4. The number of amides is 2. The predicted molar refractivity (Wildman–Crippen MR) is 79.9 cm³/mol. The molecule has 0 aromatic carbocycles. The van der Waals surface area contributed by atoms with Crippen LogP contribution in [0.2, 0.25) is 0 Å². The predicted octanol–water partition coefficient (Wildman–Crippen LogP) is 1.20. The van der Waals surface area contributed by atoms with Crippen molar-refractivity contribution in [2.45, 2.75) is 38.1 Å². The van der Waals surface area contributed by atoms with Gasteiger partial charge in [0.2, 0.25) is 11.7 Å². The Balaban J connectivity index is 1.36. The van der Waals surface area contributed by atoms with Gasteiger partial charge in [-0.15, -0.1) is 0 Å². The summed E-state index contributed by atoms with van der Waals surface area (Å²) in [7, 11) is 1.48. The molecule has 7 nitrogen and oxygen atoms in total. The van der Waals surface area contributed by atoms with Crippen molar-refractivity contribution in [3.8, 4) is 5.88 Å². The Hall–Kier alpha value is -2.05. The van der Waals surface area contributed by atoms with Crippen molar-refractivity contribution in [3.63, 3.8) is 0 Å². The van der Waals surface area contributed by atoms with Crippen molar-refractivity contribution in [3.05, 3.63) is 11.8 Å². The van der Waals surface area contributed by atoms with Crippen molar-refractivity contribution in [2.75, 3.05) is 20.2 Å². The van der Waals surface area contributed by atoms with Gasteiger partial charge in [-0.05, 0) is 37.3 Å². The van der Waals surface area contributed by atoms with Gasteiger partial charge in [0.15, 0.2) is 0 Å². The molecule has 1 aliphatic heterocycles. The van der Waals surface area contributed by atoms with Crippen LogP contribution in [-0.4, -0.2) is 48.1 Å². The molecule has 124 valence electrons. The van der Waals surface area contributed by atoms with Crippen LogP contribution in [0.3, 0.4) is 0 Å². The summed E-state index contributed by atoms with van der Waals surface area (Å²) in [6, 6.07) is 1.88. The van der Waals surface area contributed by atoms with Gasteiger partial charge in [-0.3, -0.25) is 9.59 Å². The molecule has 3 fully saturated rings. The lowest BCUT2D eigenvalue weighted by Crippen LogP contribution is -2.41. The van der Waals surface area contributed by atoms with Crippen LogP contribution in [0.5, 0.6) is 5.88 Å². The van der Waals surface area contributed by atoms with Crippen LogP contribution >= 0.6 is 0 Å². The van der Waals surface area contributed by atoms with Gasteiger partial charge in [-0.25, -0.2) is 0 Å². The highest BCUT2D eigenvalue weighted by Crippen LogP contribution is 2.58. The topological polar surface area (TPSA) is 84.7 Å². The molecule has 2 unspecified atom stereocenters. The number of likely N-dealkylation sites (tertiary alicyclic amines) is 1. The zero-order valence-corrected chi connectivity index (χ0v) is 13.2. The second kappa shape index (κ2) is 5.25. The molecule has 2 amide bonds. The number of nitrogens with zero attached hydrogens (tertiary/aromatic N) is 2. The van der Waals surface area contributed by atoms with Gasteiger partial charge in [-0.1, -0.05) is 0 Å². The number of hydrogen-bond acceptors (Lipinski definition) is 5. The summed E-state index contributed by atoms with van der Waals surface area (Å²) in [4.78, 5) is 26.5. The van der Waals surface area contributed by atoms with Crippen LogP contribution in [0.1, 0.15) is 42.7 Å². The zero-order chi connectivity index (χ0) is 16.0. The smallest absolute Gasteiger partial charge is 0.292 e. The van der Waals surface area contributed by atoms with Gasteiger partial charge in [0.05, 0.1) is 13.2 Å². The first-order valence-electron chi connectivity index (χ1n) is 8.22. The maximum Gasteiger partial charge on any atom is 0.292 e. The third-order valence-electron chi connectivity index (χ3n) is 5.54. The molecule has 2 aliphatic carbocycles. The molecular weight excluding hydrogens is 298 g/mol. The van der Waals surface area contributed by atoms with Crippen LogP contribution in [0.4, 0.5) is 0 Å². The second-order valence-corrected chi connectivity index (χ2v) is 6.97. The highest BCUT2D eigenvalue weighted by Gasteiger charge is 2.61. The molecule has 23 heavy (non-hydrogen) atoms. The normalized spacial score (nSPS) is 29.4. The highest BCUT2D eigenvalue weighted by atomic mass is 16.5. The van der Waals surface area contributed by atoms with Crippen molar-refractivity contribution in [2.24, 2.45) is 11.3 Å². The van der Waals surface area contributed by atoms with Crippen LogP contribution in [-0.2, 0) is 4.79 Å². The molecule has 1 aromatic rings. The molecule has 0 radical (unpaired) electrons. The summed E-state index contributed by atoms with van der Waals surface area (Å²) in [6.45, 7) is 1.28. The first kappa shape index (κ1) is 14.5. The molecule has 1 aromatic heterocycles. The summed E-state index contributed by atoms with van der Waals surface area (Å²) in [5, 5.41) is 6.79. The van der Waals surface area contributed by atoms with Crippen molar-refractivity contribution < 1.29 is 18.8 Å². The summed E-state index contributed by atoms with van der Waals surface area (Å²) in [5.74, 6) is 0.541. The third-order valence-corrected chi connectivity index (χ3v) is 5.54. The van der Waals surface area contributed by atoms with E-state index in [1.165, 1.54) is 19.6 Å². The number of hydrogen-bond donors (Lipinski definition) is 1. The minimum Gasteiger partial charge on any atom is -0.479 e. The standard InChI is InChI=1S/C16H21N3O4/c1-22-13-7-12(23-18-13)15(21)19-6-5-16(9-19)8-11(16)14(20)17-10-3-2-4-10/h7,10-11H,2-6,8-9H2,1H3,(H,17,20). The molecule has 2 saturated carbocycles. The van der Waals surface area contributed by atoms with E-state index in [0.717, 1.165) is 25.7 Å². The minimum atomic E-state index is -0.178. The Kier molecular flexibility index (Phi) is 3.32. The molecule has 7 heteroatoms. The second-order valence-electron chi connectivity index (χ2n) is 6.97. The van der Waals surface area contributed by atoms with Gasteiger partial charge in [-0.2, -0.15) is 0 Å². The fraction of sp³-hybridized carbons (Fsp3) is 0.688. The van der Waals surface area contributed by atoms with Gasteiger partial charge in [0.1, 0.15) is 0 Å². The number of methoxy groups -OCH3 is 1. The molecule has 1 saturated heterocycles. The third kappa shape index (κ3) is 2.48. The van der Waals surface area contributed by atoms with Crippen LogP contribution in [0.25, 0.3) is 0 Å². The van der Waals surface area contributed by atoms with Crippen LogP contribution < -0.4 is 10.1 Å². The summed E-state index contributed by atoms with van der Waals surface area (Å²) in [5.41, 5.74) is -0.0202. The van der Waals surface area contributed by atoms with Gasteiger partial charge >= 0.3 is 0 Å². The van der Waals surface area contributed by atoms with E-state index < -0.39 is 0 Å².